The fourth-order valence-corrected chi connectivity index (χ4v) is 3.00. The van der Waals surface area contributed by atoms with Crippen molar-refractivity contribution in [3.05, 3.63) is 48.0 Å². The molecule has 28 heavy (non-hydrogen) atoms. The number of benzene rings is 2. The average Bonchev–Trinajstić information content (AvgIpc) is 2.75. The molecule has 0 saturated heterocycles. The molecule has 1 unspecified atom stereocenters. The fourth-order valence-electron chi connectivity index (χ4n) is 3.00. The second-order valence-electron chi connectivity index (χ2n) is 6.32. The van der Waals surface area contributed by atoms with Crippen molar-refractivity contribution in [2.45, 2.75) is 6.10 Å². The molecular formula is C21H21NO6. The van der Waals surface area contributed by atoms with Gasteiger partial charge in [0.1, 0.15) is 25.9 Å². The Morgan fingerprint density at radius 1 is 1.14 bits per heavy atom. The third kappa shape index (κ3) is 3.98. The summed E-state index contributed by atoms with van der Waals surface area (Å²) in [6.45, 7) is 1.71. The number of ether oxygens (including phenoxy) is 5. The van der Waals surface area contributed by atoms with E-state index in [1.54, 1.807) is 19.3 Å². The number of methoxy groups -OCH3 is 1. The van der Waals surface area contributed by atoms with Crippen LogP contribution in [0.4, 0.5) is 0 Å². The molecule has 2 aromatic rings. The van der Waals surface area contributed by atoms with Crippen molar-refractivity contribution in [1.29, 1.82) is 0 Å². The monoisotopic (exact) mass is 383 g/mol. The molecule has 4 rings (SSSR count). The number of para-hydroxylation sites is 2. The minimum Gasteiger partial charge on any atom is -0.493 e. The van der Waals surface area contributed by atoms with E-state index in [-0.39, 0.29) is 12.0 Å². The highest BCUT2D eigenvalue weighted by Gasteiger charge is 2.21. The van der Waals surface area contributed by atoms with Crippen molar-refractivity contribution in [3.63, 3.8) is 0 Å². The van der Waals surface area contributed by atoms with Crippen molar-refractivity contribution in [1.82, 2.24) is 5.32 Å². The van der Waals surface area contributed by atoms with Gasteiger partial charge < -0.3 is 29.0 Å². The lowest BCUT2D eigenvalue weighted by molar-refractivity contribution is -0.116. The van der Waals surface area contributed by atoms with E-state index >= 15 is 0 Å². The van der Waals surface area contributed by atoms with Crippen LogP contribution in [-0.2, 0) is 4.79 Å². The number of hydrogen-bond donors (Lipinski definition) is 1. The molecule has 2 heterocycles. The summed E-state index contributed by atoms with van der Waals surface area (Å²) in [4.78, 5) is 12.2. The second kappa shape index (κ2) is 8.12. The summed E-state index contributed by atoms with van der Waals surface area (Å²) in [6.07, 6.45) is 2.92. The second-order valence-corrected chi connectivity index (χ2v) is 6.32. The van der Waals surface area contributed by atoms with E-state index in [1.807, 2.05) is 30.3 Å². The zero-order valence-corrected chi connectivity index (χ0v) is 15.5. The van der Waals surface area contributed by atoms with Crippen LogP contribution in [0.25, 0.3) is 6.08 Å². The Labute approximate surface area is 162 Å². The predicted molar refractivity (Wildman–Crippen MR) is 102 cm³/mol. The maximum atomic E-state index is 12.2. The summed E-state index contributed by atoms with van der Waals surface area (Å²) in [5, 5.41) is 2.83. The van der Waals surface area contributed by atoms with Crippen molar-refractivity contribution < 1.29 is 28.5 Å². The molecule has 0 radical (unpaired) electrons. The highest BCUT2D eigenvalue weighted by molar-refractivity contribution is 5.91. The number of rotatable bonds is 5. The lowest BCUT2D eigenvalue weighted by Crippen LogP contribution is -2.40. The fraction of sp³-hybridized carbons (Fsp3) is 0.286. The third-order valence-corrected chi connectivity index (χ3v) is 4.35. The summed E-state index contributed by atoms with van der Waals surface area (Å²) in [5.74, 6) is 2.95. The molecule has 2 aliphatic heterocycles. The first-order valence-electron chi connectivity index (χ1n) is 9.05. The van der Waals surface area contributed by atoms with Crippen LogP contribution in [0.1, 0.15) is 5.56 Å². The van der Waals surface area contributed by atoms with Gasteiger partial charge >= 0.3 is 0 Å². The molecule has 0 aromatic heterocycles. The minimum absolute atomic E-state index is 0.226. The molecule has 7 nitrogen and oxygen atoms in total. The first-order valence-corrected chi connectivity index (χ1v) is 9.05. The van der Waals surface area contributed by atoms with Gasteiger partial charge in [-0.2, -0.15) is 0 Å². The first kappa shape index (κ1) is 18.0. The van der Waals surface area contributed by atoms with Gasteiger partial charge in [-0.3, -0.25) is 4.79 Å². The molecule has 1 N–H and O–H groups in total. The van der Waals surface area contributed by atoms with Gasteiger partial charge in [-0.25, -0.2) is 0 Å². The molecule has 1 amide bonds. The molecule has 0 bridgehead atoms. The number of hydrogen-bond acceptors (Lipinski definition) is 6. The highest BCUT2D eigenvalue weighted by Crippen LogP contribution is 2.40. The molecule has 0 aliphatic carbocycles. The zero-order valence-electron chi connectivity index (χ0n) is 15.5. The SMILES string of the molecule is COc1cc(/C=C/C(=O)NCC2COc3ccccc3O2)cc2c1OCCO2. The molecule has 0 spiro atoms. The zero-order chi connectivity index (χ0) is 19.3. The Morgan fingerprint density at radius 3 is 2.82 bits per heavy atom. The van der Waals surface area contributed by atoms with Crippen LogP contribution in [0.5, 0.6) is 28.7 Å². The van der Waals surface area contributed by atoms with E-state index < -0.39 is 0 Å². The van der Waals surface area contributed by atoms with Gasteiger partial charge in [-0.1, -0.05) is 12.1 Å². The van der Waals surface area contributed by atoms with Gasteiger partial charge in [-0.05, 0) is 35.9 Å². The van der Waals surface area contributed by atoms with E-state index in [4.69, 9.17) is 23.7 Å². The quantitative estimate of drug-likeness (QED) is 0.800. The molecule has 1 atom stereocenters. The van der Waals surface area contributed by atoms with Crippen molar-refractivity contribution >= 4 is 12.0 Å². The van der Waals surface area contributed by atoms with Gasteiger partial charge in [0.25, 0.3) is 0 Å². The molecular weight excluding hydrogens is 362 g/mol. The van der Waals surface area contributed by atoms with Crippen molar-refractivity contribution in [3.8, 4) is 28.7 Å². The maximum absolute atomic E-state index is 12.2. The van der Waals surface area contributed by atoms with E-state index in [2.05, 4.69) is 5.32 Å². The lowest BCUT2D eigenvalue weighted by Gasteiger charge is -2.26. The first-order chi connectivity index (χ1) is 13.7. The van der Waals surface area contributed by atoms with Crippen molar-refractivity contribution in [2.24, 2.45) is 0 Å². The van der Waals surface area contributed by atoms with Crippen LogP contribution in [0.15, 0.2) is 42.5 Å². The molecule has 0 fully saturated rings. The maximum Gasteiger partial charge on any atom is 0.244 e. The van der Waals surface area contributed by atoms with Gasteiger partial charge in [0, 0.05) is 6.08 Å². The Kier molecular flexibility index (Phi) is 5.23. The van der Waals surface area contributed by atoms with Crippen LogP contribution < -0.4 is 29.0 Å². The van der Waals surface area contributed by atoms with E-state index in [0.29, 0.717) is 49.4 Å². The molecule has 0 saturated carbocycles. The number of nitrogens with one attached hydrogen (secondary N) is 1. The Morgan fingerprint density at radius 2 is 1.96 bits per heavy atom. The largest absolute Gasteiger partial charge is 0.493 e. The topological polar surface area (TPSA) is 75.3 Å². The standard InChI is InChI=1S/C21H21NO6/c1-24-18-10-14(11-19-21(18)26-9-8-25-19)6-7-20(23)22-12-15-13-27-16-4-2-3-5-17(16)28-15/h2-7,10-11,15H,8-9,12-13H2,1H3,(H,22,23)/b7-6+. The Hall–Kier alpha value is -3.35. The lowest BCUT2D eigenvalue weighted by atomic mass is 10.1. The van der Waals surface area contributed by atoms with Crippen molar-refractivity contribution in [2.75, 3.05) is 33.5 Å². The van der Waals surface area contributed by atoms with Gasteiger partial charge in [-0.15, -0.1) is 0 Å². The number of amides is 1. The molecule has 7 heteroatoms. The van der Waals surface area contributed by atoms with Crippen LogP contribution in [0, 0.1) is 0 Å². The van der Waals surface area contributed by atoms with Crippen LogP contribution in [-0.4, -0.2) is 45.5 Å². The van der Waals surface area contributed by atoms with E-state index in [1.165, 1.54) is 6.08 Å². The van der Waals surface area contributed by atoms with Crippen LogP contribution in [0.3, 0.4) is 0 Å². The Balaban J connectivity index is 1.35. The number of fused-ring (bicyclic) bond motifs is 2. The van der Waals surface area contributed by atoms with E-state index in [9.17, 15) is 4.79 Å². The van der Waals surface area contributed by atoms with Crippen LogP contribution >= 0.6 is 0 Å². The summed E-state index contributed by atoms with van der Waals surface area (Å²) < 4.78 is 28.0. The average molecular weight is 383 g/mol. The van der Waals surface area contributed by atoms with Gasteiger partial charge in [0.2, 0.25) is 11.7 Å². The highest BCUT2D eigenvalue weighted by atomic mass is 16.6. The van der Waals surface area contributed by atoms with Gasteiger partial charge in [0.05, 0.1) is 13.7 Å². The summed E-state index contributed by atoms with van der Waals surface area (Å²) >= 11 is 0. The minimum atomic E-state index is -0.235. The van der Waals surface area contributed by atoms with E-state index in [0.717, 1.165) is 11.3 Å². The summed E-state index contributed by atoms with van der Waals surface area (Å²) in [5.41, 5.74) is 0.780. The predicted octanol–water partition coefficient (Wildman–Crippen LogP) is 2.44. The van der Waals surface area contributed by atoms with Gasteiger partial charge in [0.15, 0.2) is 23.0 Å². The molecule has 146 valence electrons. The molecule has 2 aliphatic rings. The third-order valence-electron chi connectivity index (χ3n) is 4.35. The number of carbonyl (C=O) groups excluding carboxylic acids is 1. The summed E-state index contributed by atoms with van der Waals surface area (Å²) in [7, 11) is 1.57. The smallest absolute Gasteiger partial charge is 0.244 e. The normalized spacial score (nSPS) is 17.2. The number of carbonyl (C=O) groups is 1. The van der Waals surface area contributed by atoms with Crippen LogP contribution in [0.2, 0.25) is 0 Å². The Bertz CT molecular complexity index is 877. The molecule has 2 aromatic carbocycles. The summed E-state index contributed by atoms with van der Waals surface area (Å²) in [6, 6.07) is 11.1.